The number of carboxylic acids is 1. The molecule has 1 aromatic heterocycles. The second kappa shape index (κ2) is 4.80. The maximum absolute atomic E-state index is 11.0. The molecule has 0 aliphatic carbocycles. The van der Waals surface area contributed by atoms with Crippen LogP contribution in [0.3, 0.4) is 0 Å². The summed E-state index contributed by atoms with van der Waals surface area (Å²) in [6, 6.07) is 0. The number of amides is 1. The Kier molecular flexibility index (Phi) is 3.44. The molecule has 0 bridgehead atoms. The first kappa shape index (κ1) is 10.8. The highest BCUT2D eigenvalue weighted by molar-refractivity contribution is 5.95. The van der Waals surface area contributed by atoms with Crippen LogP contribution in [0.25, 0.3) is 0 Å². The predicted octanol–water partition coefficient (Wildman–Crippen LogP) is 0.842. The Morgan fingerprint density at radius 1 is 1.73 bits per heavy atom. The molecule has 0 aromatic carbocycles. The Balaban J connectivity index is 2.64. The SMILES string of the molecule is C=CCOC(=O)Nc1nc[nH]c1C(=O)O. The second-order valence-electron chi connectivity index (χ2n) is 2.44. The van der Waals surface area contributed by atoms with Crippen molar-refractivity contribution in [1.82, 2.24) is 9.97 Å². The monoisotopic (exact) mass is 211 g/mol. The standard InChI is InChI=1S/C8H9N3O4/c1-2-3-15-8(14)11-6-5(7(12)13)9-4-10-6/h2,4H,1,3H2,(H,9,10)(H,11,14)(H,12,13). The number of hydrogen-bond donors (Lipinski definition) is 3. The number of hydrogen-bond acceptors (Lipinski definition) is 4. The Bertz CT molecular complexity index is 385. The Morgan fingerprint density at radius 2 is 2.47 bits per heavy atom. The van der Waals surface area contributed by atoms with Gasteiger partial charge >= 0.3 is 12.1 Å². The van der Waals surface area contributed by atoms with Gasteiger partial charge in [-0.3, -0.25) is 5.32 Å². The fourth-order valence-corrected chi connectivity index (χ4v) is 0.819. The van der Waals surface area contributed by atoms with Crippen LogP contribution in [-0.4, -0.2) is 33.7 Å². The number of carbonyl (C=O) groups excluding carboxylic acids is 1. The van der Waals surface area contributed by atoms with Gasteiger partial charge in [-0.25, -0.2) is 14.6 Å². The lowest BCUT2D eigenvalue weighted by Gasteiger charge is -2.02. The smallest absolute Gasteiger partial charge is 0.413 e. The highest BCUT2D eigenvalue weighted by Crippen LogP contribution is 2.09. The van der Waals surface area contributed by atoms with Gasteiger partial charge in [0, 0.05) is 0 Å². The van der Waals surface area contributed by atoms with E-state index in [2.05, 4.69) is 26.6 Å². The van der Waals surface area contributed by atoms with Gasteiger partial charge in [0.2, 0.25) is 0 Å². The van der Waals surface area contributed by atoms with Crippen molar-refractivity contribution < 1.29 is 19.4 Å². The van der Waals surface area contributed by atoms with E-state index in [1.165, 1.54) is 6.08 Å². The van der Waals surface area contributed by atoms with Gasteiger partial charge in [0.25, 0.3) is 0 Å². The van der Waals surface area contributed by atoms with Crippen LogP contribution in [0.2, 0.25) is 0 Å². The molecule has 80 valence electrons. The first-order valence-corrected chi connectivity index (χ1v) is 3.96. The number of anilines is 1. The molecule has 7 heteroatoms. The molecule has 0 saturated heterocycles. The van der Waals surface area contributed by atoms with E-state index in [-0.39, 0.29) is 18.1 Å². The Morgan fingerprint density at radius 3 is 3.07 bits per heavy atom. The molecule has 0 fully saturated rings. The van der Waals surface area contributed by atoms with Gasteiger partial charge < -0.3 is 14.8 Å². The summed E-state index contributed by atoms with van der Waals surface area (Å²) >= 11 is 0. The summed E-state index contributed by atoms with van der Waals surface area (Å²) in [4.78, 5) is 27.6. The third kappa shape index (κ3) is 2.83. The lowest BCUT2D eigenvalue weighted by atomic mass is 10.4. The van der Waals surface area contributed by atoms with Crippen molar-refractivity contribution in [3.8, 4) is 0 Å². The molecule has 1 aromatic rings. The fraction of sp³-hybridized carbons (Fsp3) is 0.125. The van der Waals surface area contributed by atoms with Crippen molar-refractivity contribution >= 4 is 17.9 Å². The van der Waals surface area contributed by atoms with E-state index in [9.17, 15) is 9.59 Å². The largest absolute Gasteiger partial charge is 0.476 e. The number of imidazole rings is 1. The highest BCUT2D eigenvalue weighted by Gasteiger charge is 2.15. The van der Waals surface area contributed by atoms with Crippen molar-refractivity contribution in [3.05, 3.63) is 24.7 Å². The zero-order chi connectivity index (χ0) is 11.3. The highest BCUT2D eigenvalue weighted by atomic mass is 16.5. The first-order chi connectivity index (χ1) is 7.15. The van der Waals surface area contributed by atoms with Crippen LogP contribution in [-0.2, 0) is 4.74 Å². The third-order valence-corrected chi connectivity index (χ3v) is 1.41. The van der Waals surface area contributed by atoms with Crippen LogP contribution in [0.15, 0.2) is 19.0 Å². The molecular weight excluding hydrogens is 202 g/mol. The van der Waals surface area contributed by atoms with E-state index in [4.69, 9.17) is 5.11 Å². The molecule has 0 aliphatic heterocycles. The van der Waals surface area contributed by atoms with E-state index < -0.39 is 12.1 Å². The summed E-state index contributed by atoms with van der Waals surface area (Å²) in [5.74, 6) is -1.30. The van der Waals surface area contributed by atoms with Gasteiger partial charge in [-0.05, 0) is 0 Å². The lowest BCUT2D eigenvalue weighted by Crippen LogP contribution is -2.16. The lowest BCUT2D eigenvalue weighted by molar-refractivity contribution is 0.0692. The molecule has 0 aliphatic rings. The molecule has 1 rings (SSSR count). The quantitative estimate of drug-likeness (QED) is 0.640. The predicted molar refractivity (Wildman–Crippen MR) is 50.7 cm³/mol. The topological polar surface area (TPSA) is 104 Å². The van der Waals surface area contributed by atoms with Crippen molar-refractivity contribution in [2.75, 3.05) is 11.9 Å². The van der Waals surface area contributed by atoms with Gasteiger partial charge in [-0.2, -0.15) is 0 Å². The van der Waals surface area contributed by atoms with Crippen molar-refractivity contribution in [3.63, 3.8) is 0 Å². The van der Waals surface area contributed by atoms with Crippen molar-refractivity contribution in [2.45, 2.75) is 0 Å². The molecule has 0 atom stereocenters. The zero-order valence-electron chi connectivity index (χ0n) is 7.69. The number of carbonyl (C=O) groups is 2. The van der Waals surface area contributed by atoms with Crippen LogP contribution in [0.1, 0.15) is 10.5 Å². The van der Waals surface area contributed by atoms with E-state index in [0.29, 0.717) is 0 Å². The van der Waals surface area contributed by atoms with E-state index >= 15 is 0 Å². The molecule has 15 heavy (non-hydrogen) atoms. The van der Waals surface area contributed by atoms with Crippen LogP contribution in [0, 0.1) is 0 Å². The Hall–Kier alpha value is -2.31. The van der Waals surface area contributed by atoms with Crippen molar-refractivity contribution in [2.24, 2.45) is 0 Å². The third-order valence-electron chi connectivity index (χ3n) is 1.41. The number of aromatic carboxylic acids is 1. The summed E-state index contributed by atoms with van der Waals surface area (Å²) in [6.45, 7) is 3.39. The molecule has 0 unspecified atom stereocenters. The van der Waals surface area contributed by atoms with Crippen molar-refractivity contribution in [1.29, 1.82) is 0 Å². The Labute approximate surface area is 84.8 Å². The van der Waals surface area contributed by atoms with Crippen LogP contribution in [0.4, 0.5) is 10.6 Å². The number of nitrogens with one attached hydrogen (secondary N) is 2. The molecule has 3 N–H and O–H groups in total. The summed E-state index contributed by atoms with van der Waals surface area (Å²) < 4.78 is 4.58. The summed E-state index contributed by atoms with van der Waals surface area (Å²) in [5.41, 5.74) is -0.203. The maximum atomic E-state index is 11.0. The number of aromatic nitrogens is 2. The minimum Gasteiger partial charge on any atom is -0.476 e. The number of aromatic amines is 1. The van der Waals surface area contributed by atoms with Crippen LogP contribution in [0.5, 0.6) is 0 Å². The van der Waals surface area contributed by atoms with E-state index in [1.807, 2.05) is 0 Å². The van der Waals surface area contributed by atoms with Crippen LogP contribution >= 0.6 is 0 Å². The molecule has 0 radical (unpaired) electrons. The average Bonchev–Trinajstić information content (AvgIpc) is 2.62. The first-order valence-electron chi connectivity index (χ1n) is 3.96. The van der Waals surface area contributed by atoms with Gasteiger partial charge in [-0.15, -0.1) is 0 Å². The van der Waals surface area contributed by atoms with E-state index in [0.717, 1.165) is 6.33 Å². The van der Waals surface area contributed by atoms with E-state index in [1.54, 1.807) is 0 Å². The number of ether oxygens (including phenoxy) is 1. The molecule has 1 amide bonds. The molecule has 0 spiro atoms. The summed E-state index contributed by atoms with van der Waals surface area (Å²) in [6.07, 6.45) is 1.76. The number of rotatable bonds is 4. The number of carboxylic acid groups (broad SMARTS) is 1. The molecule has 7 nitrogen and oxygen atoms in total. The minimum absolute atomic E-state index is 0.0403. The minimum atomic E-state index is -1.22. The number of H-pyrrole nitrogens is 1. The summed E-state index contributed by atoms with van der Waals surface area (Å²) in [7, 11) is 0. The van der Waals surface area contributed by atoms with Gasteiger partial charge in [-0.1, -0.05) is 12.7 Å². The molecule has 0 saturated carbocycles. The van der Waals surface area contributed by atoms with Gasteiger partial charge in [0.05, 0.1) is 6.33 Å². The maximum Gasteiger partial charge on any atom is 0.413 e. The molecular formula is C8H9N3O4. The molecule has 1 heterocycles. The van der Waals surface area contributed by atoms with Gasteiger partial charge in [0.1, 0.15) is 6.61 Å². The zero-order valence-corrected chi connectivity index (χ0v) is 7.69. The summed E-state index contributed by atoms with van der Waals surface area (Å²) in [5, 5.41) is 10.8. The fourth-order valence-electron chi connectivity index (χ4n) is 0.819. The normalized spacial score (nSPS) is 9.33. The average molecular weight is 211 g/mol. The number of nitrogens with zero attached hydrogens (tertiary/aromatic N) is 1. The van der Waals surface area contributed by atoms with Crippen LogP contribution < -0.4 is 5.32 Å². The van der Waals surface area contributed by atoms with Gasteiger partial charge in [0.15, 0.2) is 11.5 Å². The second-order valence-corrected chi connectivity index (χ2v) is 2.44.